The Morgan fingerprint density at radius 1 is 1.25 bits per heavy atom. The van der Waals surface area contributed by atoms with E-state index >= 15 is 0 Å². The number of nitrogens with zero attached hydrogens (tertiary/aromatic N) is 5. The second-order valence-electron chi connectivity index (χ2n) is 6.92. The predicted molar refractivity (Wildman–Crippen MR) is 87.6 cm³/mol. The number of piperazine rings is 1. The van der Waals surface area contributed by atoms with E-state index in [9.17, 15) is 5.11 Å². The molecule has 2 aliphatic rings. The number of aryl methyl sites for hydroxylation is 1. The first kappa shape index (κ1) is 15.5. The van der Waals surface area contributed by atoms with Gasteiger partial charge in [0.25, 0.3) is 0 Å². The normalized spacial score (nSPS) is 22.8. The van der Waals surface area contributed by atoms with E-state index in [1.807, 2.05) is 13.0 Å². The van der Waals surface area contributed by atoms with Gasteiger partial charge >= 0.3 is 0 Å². The van der Waals surface area contributed by atoms with Crippen molar-refractivity contribution in [2.75, 3.05) is 26.7 Å². The number of hydrogen-bond donors (Lipinski definition) is 1. The van der Waals surface area contributed by atoms with Crippen molar-refractivity contribution >= 4 is 0 Å². The van der Waals surface area contributed by atoms with Crippen molar-refractivity contribution in [1.29, 1.82) is 0 Å². The number of aromatic nitrogens is 3. The van der Waals surface area contributed by atoms with Gasteiger partial charge in [-0.15, -0.1) is 0 Å². The lowest BCUT2D eigenvalue weighted by Gasteiger charge is -2.37. The van der Waals surface area contributed by atoms with E-state index in [1.165, 1.54) is 12.8 Å². The summed E-state index contributed by atoms with van der Waals surface area (Å²) in [7, 11) is 2.09. The first-order valence-electron chi connectivity index (χ1n) is 8.51. The molecule has 3 heterocycles. The summed E-state index contributed by atoms with van der Waals surface area (Å²) in [5, 5.41) is 14.2. The Hall–Kier alpha value is -1.99. The van der Waals surface area contributed by atoms with E-state index in [-0.39, 0.29) is 11.8 Å². The lowest BCUT2D eigenvalue weighted by atomic mass is 10.1. The van der Waals surface area contributed by atoms with Crippen molar-refractivity contribution in [3.63, 3.8) is 0 Å². The van der Waals surface area contributed by atoms with Gasteiger partial charge in [-0.3, -0.25) is 14.8 Å². The Morgan fingerprint density at radius 3 is 2.88 bits per heavy atom. The quantitative estimate of drug-likeness (QED) is 0.917. The van der Waals surface area contributed by atoms with Crippen LogP contribution in [0.4, 0.5) is 0 Å². The van der Waals surface area contributed by atoms with Crippen LogP contribution < -0.4 is 0 Å². The zero-order valence-electron chi connectivity index (χ0n) is 14.1. The van der Waals surface area contributed by atoms with Gasteiger partial charge in [0.1, 0.15) is 11.8 Å². The van der Waals surface area contributed by atoms with Gasteiger partial charge in [0.05, 0.1) is 5.69 Å². The van der Waals surface area contributed by atoms with Crippen LogP contribution in [0.3, 0.4) is 0 Å². The van der Waals surface area contributed by atoms with Crippen molar-refractivity contribution in [1.82, 2.24) is 24.9 Å². The Bertz CT molecular complexity index is 728. The monoisotopic (exact) mass is 329 g/mol. The van der Waals surface area contributed by atoms with Crippen molar-refractivity contribution in [3.05, 3.63) is 35.2 Å². The third-order valence-electron chi connectivity index (χ3n) is 4.88. The third kappa shape index (κ3) is 3.14. The smallest absolute Gasteiger partial charge is 0.245 e. The molecule has 1 aliphatic heterocycles. The number of hydrogen-bond acceptors (Lipinski definition) is 7. The van der Waals surface area contributed by atoms with Crippen molar-refractivity contribution in [2.45, 2.75) is 38.3 Å². The molecule has 0 unspecified atom stereocenters. The molecule has 2 fully saturated rings. The summed E-state index contributed by atoms with van der Waals surface area (Å²) in [6.45, 7) is 5.19. The minimum atomic E-state index is 0.0886. The van der Waals surface area contributed by atoms with E-state index < -0.39 is 0 Å². The maximum atomic E-state index is 10.0. The van der Waals surface area contributed by atoms with E-state index in [2.05, 4.69) is 32.0 Å². The summed E-state index contributed by atoms with van der Waals surface area (Å²) in [6.07, 6.45) is 2.34. The topological polar surface area (TPSA) is 78.5 Å². The second kappa shape index (κ2) is 6.14. The summed E-state index contributed by atoms with van der Waals surface area (Å²) in [5.74, 6) is 2.31. The van der Waals surface area contributed by atoms with Gasteiger partial charge in [-0.1, -0.05) is 5.16 Å². The SMILES string of the molecule is Cc1ccc(O)c(CN2CCN(C)[C@@H](c3nc(C4CC4)no3)C2)n1. The minimum Gasteiger partial charge on any atom is -0.506 e. The molecule has 24 heavy (non-hydrogen) atoms. The number of rotatable bonds is 4. The van der Waals surface area contributed by atoms with Gasteiger partial charge in [-0.05, 0) is 38.9 Å². The van der Waals surface area contributed by atoms with Gasteiger partial charge in [-0.25, -0.2) is 0 Å². The molecule has 7 nitrogen and oxygen atoms in total. The molecular weight excluding hydrogens is 306 g/mol. The average Bonchev–Trinajstić information content (AvgIpc) is 3.30. The van der Waals surface area contributed by atoms with Crippen molar-refractivity contribution < 1.29 is 9.63 Å². The highest BCUT2D eigenvalue weighted by molar-refractivity contribution is 5.27. The Balaban J connectivity index is 1.48. The van der Waals surface area contributed by atoms with Crippen LogP contribution in [-0.4, -0.2) is 56.7 Å². The van der Waals surface area contributed by atoms with Gasteiger partial charge < -0.3 is 9.63 Å². The lowest BCUT2D eigenvalue weighted by molar-refractivity contribution is 0.0702. The Kier molecular flexibility index (Phi) is 3.97. The Morgan fingerprint density at radius 2 is 2.08 bits per heavy atom. The van der Waals surface area contributed by atoms with Gasteiger partial charge in [0.15, 0.2) is 5.82 Å². The molecule has 0 bridgehead atoms. The maximum absolute atomic E-state index is 10.0. The highest BCUT2D eigenvalue weighted by atomic mass is 16.5. The molecule has 2 aromatic rings. The average molecular weight is 329 g/mol. The molecule has 1 aliphatic carbocycles. The largest absolute Gasteiger partial charge is 0.506 e. The van der Waals surface area contributed by atoms with Crippen LogP contribution in [0.15, 0.2) is 16.7 Å². The fourth-order valence-corrected chi connectivity index (χ4v) is 3.16. The van der Waals surface area contributed by atoms with Crippen LogP contribution in [0.2, 0.25) is 0 Å². The van der Waals surface area contributed by atoms with Crippen LogP contribution in [-0.2, 0) is 6.54 Å². The fourth-order valence-electron chi connectivity index (χ4n) is 3.16. The summed E-state index contributed by atoms with van der Waals surface area (Å²) in [6, 6.07) is 3.62. The van der Waals surface area contributed by atoms with E-state index in [1.54, 1.807) is 6.07 Å². The zero-order valence-corrected chi connectivity index (χ0v) is 14.1. The Labute approximate surface area is 141 Å². The van der Waals surface area contributed by atoms with Crippen molar-refractivity contribution in [3.8, 4) is 5.75 Å². The van der Waals surface area contributed by atoms with Crippen LogP contribution in [0, 0.1) is 6.92 Å². The first-order valence-corrected chi connectivity index (χ1v) is 8.51. The fraction of sp³-hybridized carbons (Fsp3) is 0.588. The number of likely N-dealkylation sites (N-methyl/N-ethyl adjacent to an activating group) is 1. The van der Waals surface area contributed by atoms with Crippen LogP contribution in [0.1, 0.15) is 47.9 Å². The summed E-state index contributed by atoms with van der Waals surface area (Å²) >= 11 is 0. The highest BCUT2D eigenvalue weighted by Crippen LogP contribution is 2.39. The molecule has 1 N–H and O–H groups in total. The predicted octanol–water partition coefficient (Wildman–Crippen LogP) is 1.84. The molecule has 0 spiro atoms. The molecule has 128 valence electrons. The molecule has 0 radical (unpaired) electrons. The second-order valence-corrected chi connectivity index (χ2v) is 6.92. The molecule has 1 saturated heterocycles. The number of pyridine rings is 1. The molecule has 1 atom stereocenters. The van der Waals surface area contributed by atoms with Crippen molar-refractivity contribution in [2.24, 2.45) is 0 Å². The lowest BCUT2D eigenvalue weighted by Crippen LogP contribution is -2.46. The molecular formula is C17H23N5O2. The van der Waals surface area contributed by atoms with Crippen LogP contribution in [0.25, 0.3) is 0 Å². The summed E-state index contributed by atoms with van der Waals surface area (Å²) in [4.78, 5) is 13.6. The highest BCUT2D eigenvalue weighted by Gasteiger charge is 2.34. The summed E-state index contributed by atoms with van der Waals surface area (Å²) < 4.78 is 5.52. The maximum Gasteiger partial charge on any atom is 0.245 e. The molecule has 0 amide bonds. The van der Waals surface area contributed by atoms with E-state index in [0.29, 0.717) is 18.4 Å². The number of aromatic hydroxyl groups is 1. The molecule has 1 saturated carbocycles. The third-order valence-corrected chi connectivity index (χ3v) is 4.88. The molecule has 7 heteroatoms. The van der Waals surface area contributed by atoms with Gasteiger partial charge in [-0.2, -0.15) is 4.98 Å². The molecule has 0 aromatic carbocycles. The summed E-state index contributed by atoms with van der Waals surface area (Å²) in [5.41, 5.74) is 1.64. The zero-order chi connectivity index (χ0) is 16.7. The van der Waals surface area contributed by atoms with Crippen LogP contribution >= 0.6 is 0 Å². The van der Waals surface area contributed by atoms with Gasteiger partial charge in [0, 0.05) is 37.8 Å². The molecule has 2 aromatic heterocycles. The molecule has 4 rings (SSSR count). The van der Waals surface area contributed by atoms with Gasteiger partial charge in [0.2, 0.25) is 5.89 Å². The van der Waals surface area contributed by atoms with E-state index in [0.717, 1.165) is 36.8 Å². The minimum absolute atomic E-state index is 0.0886. The van der Waals surface area contributed by atoms with E-state index in [4.69, 9.17) is 4.52 Å². The van der Waals surface area contributed by atoms with Crippen LogP contribution in [0.5, 0.6) is 5.75 Å². The standard InChI is InChI=1S/C17H23N5O2/c1-11-3-6-15(23)13(18-11)9-22-8-7-21(2)14(10-22)17-19-16(20-24-17)12-4-5-12/h3,6,12,14,23H,4-5,7-10H2,1-2H3/t14-/m1/s1. The first-order chi connectivity index (χ1) is 11.6.